The Hall–Kier alpha value is -7.73. The number of rotatable bonds is 11. The molecule has 0 saturated carbocycles. The van der Waals surface area contributed by atoms with E-state index in [0.29, 0.717) is 65.5 Å². The lowest BCUT2D eigenvalue weighted by Gasteiger charge is -2.11. The van der Waals surface area contributed by atoms with E-state index in [-0.39, 0.29) is 18.4 Å². The van der Waals surface area contributed by atoms with Gasteiger partial charge in [0.2, 0.25) is 0 Å². The molecule has 60 heavy (non-hydrogen) atoms. The van der Waals surface area contributed by atoms with Gasteiger partial charge in [-0.05, 0) is 59.7 Å². The van der Waals surface area contributed by atoms with Crippen molar-refractivity contribution < 1.29 is 56.7 Å². The van der Waals surface area contributed by atoms with Crippen LogP contribution >= 0.6 is 0 Å². The minimum absolute atomic E-state index is 0.140. The largest absolute Gasteiger partial charge is 0.508 e. The molecule has 4 aromatic carbocycles. The first-order chi connectivity index (χ1) is 29.1. The van der Waals surface area contributed by atoms with Gasteiger partial charge < -0.3 is 58.7 Å². The van der Waals surface area contributed by atoms with Crippen LogP contribution in [0.1, 0.15) is 17.5 Å². The van der Waals surface area contributed by atoms with Crippen molar-refractivity contribution in [2.75, 3.05) is 45.6 Å². The Labute approximate surface area is 344 Å². The quantitative estimate of drug-likeness (QED) is 0.0815. The number of nitrogen functional groups attached to an aromatic ring is 1. The molecule has 1 aliphatic rings. The van der Waals surface area contributed by atoms with Gasteiger partial charge in [-0.15, -0.1) is 0 Å². The number of amides is 3. The van der Waals surface area contributed by atoms with Crippen LogP contribution < -0.4 is 35.9 Å². The van der Waals surface area contributed by atoms with Crippen LogP contribution in [-0.2, 0) is 27.3 Å². The number of phenolic OH excluding ortho intramolecular Hbond substituents is 1. The van der Waals surface area contributed by atoms with Crippen molar-refractivity contribution in [1.29, 1.82) is 0 Å². The van der Waals surface area contributed by atoms with Gasteiger partial charge in [-0.3, -0.25) is 5.32 Å². The highest BCUT2D eigenvalue weighted by Crippen LogP contribution is 2.33. The Bertz CT molecular complexity index is 2280. The number of anilines is 2. The van der Waals surface area contributed by atoms with Gasteiger partial charge in [-0.25, -0.2) is 24.4 Å². The number of hydrogen-bond donors (Lipinski definition) is 5. The van der Waals surface area contributed by atoms with Crippen LogP contribution in [0.5, 0.6) is 23.0 Å². The summed E-state index contributed by atoms with van der Waals surface area (Å²) < 4.78 is 41.0. The van der Waals surface area contributed by atoms with E-state index >= 15 is 0 Å². The van der Waals surface area contributed by atoms with Crippen LogP contribution in [0.25, 0.3) is 22.6 Å². The minimum atomic E-state index is -0.669. The average molecular weight is 825 g/mol. The molecular formula is C42H44N6O12. The van der Waals surface area contributed by atoms with Gasteiger partial charge in [0.25, 0.3) is 0 Å². The Kier molecular flexibility index (Phi) is 16.1. The summed E-state index contributed by atoms with van der Waals surface area (Å²) in [6.45, 7) is 1.69. The van der Waals surface area contributed by atoms with E-state index in [1.54, 1.807) is 92.3 Å². The molecule has 1 aliphatic heterocycles. The van der Waals surface area contributed by atoms with Gasteiger partial charge in [-0.2, -0.15) is 0 Å². The lowest BCUT2D eigenvalue weighted by molar-refractivity contribution is 0.0828. The monoisotopic (exact) mass is 824 g/mol. The predicted molar refractivity (Wildman–Crippen MR) is 217 cm³/mol. The molecule has 314 valence electrons. The molecule has 1 fully saturated rings. The summed E-state index contributed by atoms with van der Waals surface area (Å²) in [5, 5.41) is 17.1. The van der Waals surface area contributed by atoms with Gasteiger partial charge in [0, 0.05) is 43.0 Å². The maximum Gasteiger partial charge on any atom is 0.417 e. The summed E-state index contributed by atoms with van der Waals surface area (Å²) in [5.74, 6) is 2.92. The van der Waals surface area contributed by atoms with E-state index in [1.807, 2.05) is 12.1 Å². The molecule has 1 atom stereocenters. The Morgan fingerprint density at radius 2 is 1.40 bits per heavy atom. The van der Waals surface area contributed by atoms with E-state index in [2.05, 4.69) is 30.7 Å². The summed E-state index contributed by atoms with van der Waals surface area (Å²) in [7, 11) is 4.39. The summed E-state index contributed by atoms with van der Waals surface area (Å²) in [6, 6.07) is 24.0. The molecule has 0 spiro atoms. The number of aromatic nitrogens is 2. The number of carbonyl (C=O) groups is 3. The molecule has 0 radical (unpaired) electrons. The fourth-order valence-corrected chi connectivity index (χ4v) is 5.44. The molecule has 0 unspecified atom stereocenters. The summed E-state index contributed by atoms with van der Waals surface area (Å²) in [5.41, 5.74) is 9.90. The van der Waals surface area contributed by atoms with Crippen LogP contribution in [0, 0.1) is 0 Å². The molecule has 18 heteroatoms. The lowest BCUT2D eigenvalue weighted by atomic mass is 10.1. The van der Waals surface area contributed by atoms with Gasteiger partial charge in [0.05, 0.1) is 58.1 Å². The fourth-order valence-electron chi connectivity index (χ4n) is 5.44. The highest BCUT2D eigenvalue weighted by Gasteiger charge is 2.19. The molecule has 3 heterocycles. The topological polar surface area (TPSA) is 241 Å². The molecule has 7 rings (SSSR count). The Balaban J connectivity index is 0.000000186. The van der Waals surface area contributed by atoms with E-state index in [9.17, 15) is 19.5 Å². The molecule has 6 N–H and O–H groups in total. The molecule has 1 saturated heterocycles. The van der Waals surface area contributed by atoms with Gasteiger partial charge in [0.1, 0.15) is 29.1 Å². The summed E-state index contributed by atoms with van der Waals surface area (Å²) in [4.78, 5) is 42.5. The zero-order chi connectivity index (χ0) is 42.7. The first-order valence-electron chi connectivity index (χ1n) is 18.2. The number of carbonyl (C=O) groups excluding carboxylic acids is 3. The highest BCUT2D eigenvalue weighted by molar-refractivity contribution is 5.87. The van der Waals surface area contributed by atoms with E-state index in [0.717, 1.165) is 23.1 Å². The lowest BCUT2D eigenvalue weighted by Crippen LogP contribution is -2.28. The number of alkyl carbamates (subject to hydrolysis) is 2. The number of ether oxygens (including phenoxy) is 6. The molecule has 6 aromatic rings. The van der Waals surface area contributed by atoms with Crippen molar-refractivity contribution in [3.05, 3.63) is 121 Å². The molecule has 0 bridgehead atoms. The average Bonchev–Trinajstić information content (AvgIpc) is 4.09. The number of hydrogen-bond acceptors (Lipinski definition) is 15. The van der Waals surface area contributed by atoms with E-state index in [1.165, 1.54) is 27.0 Å². The zero-order valence-corrected chi connectivity index (χ0v) is 32.9. The Morgan fingerprint density at radius 1 is 0.767 bits per heavy atom. The third-order valence-electron chi connectivity index (χ3n) is 8.31. The predicted octanol–water partition coefficient (Wildman–Crippen LogP) is 7.16. The number of nitrogens with one attached hydrogen (secondary N) is 3. The molecule has 0 aliphatic carbocycles. The molecular weight excluding hydrogens is 780 g/mol. The van der Waals surface area contributed by atoms with Crippen LogP contribution in [0.2, 0.25) is 0 Å². The second kappa shape index (κ2) is 22.3. The number of phenols is 1. The van der Waals surface area contributed by atoms with Crippen LogP contribution in [-0.4, -0.2) is 74.0 Å². The first kappa shape index (κ1) is 43.4. The molecule has 3 amide bonds. The maximum atomic E-state index is 12.2. The number of nitrogens with two attached hydrogens (primary N) is 1. The van der Waals surface area contributed by atoms with Gasteiger partial charge >= 0.3 is 18.3 Å². The number of methoxy groups -OCH3 is 3. The standard InChI is InChI=1S/C20H19N3O6.C12H15NO4.C10H10N2O2/c1-26-17-9-14(6-7-16(17)18-11-21-12-28-18)23-20(25)29-15-5-3-4-13(8-15)10-22-19(24)27-2;14-10-3-1-2-9(6-10)7-13-12(15)17-11-4-5-16-8-11;1-13-9-4-7(11)2-3-8(9)10-5-12-6-14-10/h3-9,11-12H,10H2,1-2H3,(H,22,24)(H,23,25);1-3,6,11,14H,4-5,7-8H2,(H,13,15);2-6H,11H2,1H3/t;11-;/m.0./s1. The number of benzene rings is 4. The normalized spacial score (nSPS) is 12.6. The van der Waals surface area contributed by atoms with Crippen molar-refractivity contribution in [1.82, 2.24) is 20.6 Å². The Morgan fingerprint density at radius 3 is 2.00 bits per heavy atom. The first-order valence-corrected chi connectivity index (χ1v) is 18.2. The summed E-state index contributed by atoms with van der Waals surface area (Å²) >= 11 is 0. The van der Waals surface area contributed by atoms with Crippen molar-refractivity contribution >= 4 is 29.7 Å². The van der Waals surface area contributed by atoms with Crippen LogP contribution in [0.3, 0.4) is 0 Å². The second-order valence-corrected chi connectivity index (χ2v) is 12.5. The SMILES string of the molecule is COC(=O)NCc1cccc(OC(=O)Nc2ccc(-c3cnco3)c(OC)c2)c1.COc1cc(N)ccc1-c1cnco1.O=C(NCc1cccc(O)c1)O[C@H]1CCOC1. The fraction of sp³-hybridized carbons (Fsp3) is 0.214. The van der Waals surface area contributed by atoms with E-state index < -0.39 is 18.3 Å². The molecule has 2 aromatic heterocycles. The van der Waals surface area contributed by atoms with Crippen molar-refractivity contribution in [3.8, 4) is 45.6 Å². The number of aromatic hydroxyl groups is 1. The van der Waals surface area contributed by atoms with Gasteiger partial charge in [0.15, 0.2) is 24.3 Å². The highest BCUT2D eigenvalue weighted by atomic mass is 16.6. The number of oxazole rings is 2. The van der Waals surface area contributed by atoms with E-state index in [4.69, 9.17) is 38.3 Å². The maximum absolute atomic E-state index is 12.2. The van der Waals surface area contributed by atoms with Crippen molar-refractivity contribution in [3.63, 3.8) is 0 Å². The number of nitrogens with zero attached hydrogens (tertiary/aromatic N) is 2. The molecule has 18 nitrogen and oxygen atoms in total. The van der Waals surface area contributed by atoms with Gasteiger partial charge in [-0.1, -0.05) is 24.3 Å². The summed E-state index contributed by atoms with van der Waals surface area (Å²) in [6.07, 6.45) is 4.85. The van der Waals surface area contributed by atoms with Crippen molar-refractivity contribution in [2.24, 2.45) is 0 Å². The minimum Gasteiger partial charge on any atom is -0.508 e. The third kappa shape index (κ3) is 13.4. The van der Waals surface area contributed by atoms with Crippen LogP contribution in [0.15, 0.2) is 119 Å². The van der Waals surface area contributed by atoms with Crippen LogP contribution in [0.4, 0.5) is 25.8 Å². The second-order valence-electron chi connectivity index (χ2n) is 12.5. The third-order valence-corrected chi connectivity index (χ3v) is 8.31. The smallest absolute Gasteiger partial charge is 0.417 e. The van der Waals surface area contributed by atoms with Crippen molar-refractivity contribution in [2.45, 2.75) is 25.6 Å². The zero-order valence-electron chi connectivity index (χ0n) is 32.9.